The van der Waals surface area contributed by atoms with Crippen LogP contribution in [0.25, 0.3) is 0 Å². The quantitative estimate of drug-likeness (QED) is 0.0757. The lowest BCUT2D eigenvalue weighted by atomic mass is 10.2. The van der Waals surface area contributed by atoms with E-state index in [4.69, 9.17) is 5.73 Å². The van der Waals surface area contributed by atoms with Crippen LogP contribution in [0.1, 0.15) is 66.2 Å². The zero-order valence-corrected chi connectivity index (χ0v) is 30.6. The highest BCUT2D eigenvalue weighted by Gasteiger charge is 2.20. The van der Waals surface area contributed by atoms with Crippen molar-refractivity contribution >= 4 is 23.9 Å². The van der Waals surface area contributed by atoms with Crippen LogP contribution in [0, 0.1) is 0 Å². The average Bonchev–Trinajstić information content (AvgIpc) is 3.05. The van der Waals surface area contributed by atoms with E-state index >= 15 is 0 Å². The summed E-state index contributed by atoms with van der Waals surface area (Å²) in [7, 11) is 0. The van der Waals surface area contributed by atoms with Gasteiger partial charge in [-0.1, -0.05) is 32.4 Å². The number of hydrogen-bond donors (Lipinski definition) is 7. The van der Waals surface area contributed by atoms with E-state index in [2.05, 4.69) is 22.9 Å². The SMILES string of the molecule is CC.CC/C(=C\C=C(/C)NC(=O)CN1CCCCN(C(=O)O)CCN(CC(=O)O)CCN(CC(=O)O)CC1)CNCCCNCCCCN. The maximum Gasteiger partial charge on any atom is 0.407 e. The highest BCUT2D eigenvalue weighted by Crippen LogP contribution is 2.05. The van der Waals surface area contributed by atoms with Crippen LogP contribution in [0.5, 0.6) is 0 Å². The third-order valence-electron chi connectivity index (χ3n) is 7.89. The number of carboxylic acid groups (broad SMARTS) is 3. The molecule has 1 aliphatic heterocycles. The average molecular weight is 699 g/mol. The summed E-state index contributed by atoms with van der Waals surface area (Å²) in [6.45, 7) is 14.5. The molecule has 284 valence electrons. The van der Waals surface area contributed by atoms with Gasteiger partial charge in [-0.2, -0.15) is 0 Å². The van der Waals surface area contributed by atoms with Gasteiger partial charge in [0.2, 0.25) is 5.91 Å². The minimum atomic E-state index is -1.07. The fourth-order valence-corrected chi connectivity index (χ4v) is 5.12. The maximum absolute atomic E-state index is 13.0. The molecular weight excluding hydrogens is 632 g/mol. The van der Waals surface area contributed by atoms with E-state index in [1.54, 1.807) is 9.80 Å². The molecule has 1 fully saturated rings. The minimum Gasteiger partial charge on any atom is -0.480 e. The number of carbonyl (C=O) groups is 4. The number of carbonyl (C=O) groups excluding carboxylic acids is 1. The summed E-state index contributed by atoms with van der Waals surface area (Å²) < 4.78 is 0. The molecule has 0 unspecified atom stereocenters. The summed E-state index contributed by atoms with van der Waals surface area (Å²) >= 11 is 0. The number of unbranched alkanes of at least 4 members (excludes halogenated alkanes) is 1. The molecule has 15 nitrogen and oxygen atoms in total. The normalized spacial score (nSPS) is 16.7. The van der Waals surface area contributed by atoms with E-state index in [-0.39, 0.29) is 45.2 Å². The van der Waals surface area contributed by atoms with Crippen LogP contribution in [0.4, 0.5) is 4.79 Å². The summed E-state index contributed by atoms with van der Waals surface area (Å²) in [6, 6.07) is 0. The molecule has 0 aromatic carbocycles. The standard InChI is InChI=1S/C32H60N8O7.C2H6/c1-3-28(23-35-14-8-13-34-12-5-4-11-33)10-9-27(2)36-29(41)24-37-15-6-7-16-40(32(46)47)22-21-39(26-31(44)45)20-19-38(18-17-37)25-30(42)43;1-2/h9-10,34-35H,3-8,11-26,33H2,1-2H3,(H,36,41)(H,42,43)(H,44,45)(H,46,47);1-2H3/b27-9+,28-10+;. The predicted octanol–water partition coefficient (Wildman–Crippen LogP) is 1.53. The van der Waals surface area contributed by atoms with Gasteiger partial charge in [0, 0.05) is 58.1 Å². The first kappa shape index (κ1) is 45.9. The second-order valence-corrected chi connectivity index (χ2v) is 11.9. The van der Waals surface area contributed by atoms with Gasteiger partial charge in [-0.25, -0.2) is 4.79 Å². The lowest BCUT2D eigenvalue weighted by Crippen LogP contribution is -2.47. The minimum absolute atomic E-state index is 0.103. The fourth-order valence-electron chi connectivity index (χ4n) is 5.12. The zero-order valence-electron chi connectivity index (χ0n) is 30.6. The highest BCUT2D eigenvalue weighted by atomic mass is 16.4. The molecule has 49 heavy (non-hydrogen) atoms. The van der Waals surface area contributed by atoms with Crippen LogP contribution in [0.15, 0.2) is 23.4 Å². The molecule has 0 bridgehead atoms. The van der Waals surface area contributed by atoms with Crippen LogP contribution < -0.4 is 21.7 Å². The Morgan fingerprint density at radius 1 is 0.694 bits per heavy atom. The molecule has 0 aliphatic carbocycles. The molecule has 1 heterocycles. The molecule has 1 saturated heterocycles. The third kappa shape index (κ3) is 25.5. The monoisotopic (exact) mass is 699 g/mol. The zero-order chi connectivity index (χ0) is 36.9. The van der Waals surface area contributed by atoms with Crippen molar-refractivity contribution < 1.29 is 34.5 Å². The van der Waals surface area contributed by atoms with Crippen molar-refractivity contribution in [2.24, 2.45) is 5.73 Å². The smallest absolute Gasteiger partial charge is 0.407 e. The van der Waals surface area contributed by atoms with Gasteiger partial charge in [0.25, 0.3) is 0 Å². The summed E-state index contributed by atoms with van der Waals surface area (Å²) in [5.74, 6) is -2.22. The van der Waals surface area contributed by atoms with E-state index in [1.807, 2.05) is 37.8 Å². The number of hydrogen-bond acceptors (Lipinski definition) is 10. The number of nitrogens with zero attached hydrogens (tertiary/aromatic N) is 4. The Balaban J connectivity index is 0.0000113. The van der Waals surface area contributed by atoms with E-state index in [9.17, 15) is 34.5 Å². The number of nitrogens with two attached hydrogens (primary N) is 1. The summed E-state index contributed by atoms with van der Waals surface area (Å²) in [4.78, 5) is 54.3. The first-order chi connectivity index (χ1) is 23.5. The van der Waals surface area contributed by atoms with Gasteiger partial charge in [0.15, 0.2) is 0 Å². The van der Waals surface area contributed by atoms with Crippen molar-refractivity contribution in [1.29, 1.82) is 0 Å². The van der Waals surface area contributed by atoms with Gasteiger partial charge in [-0.05, 0) is 84.2 Å². The topological polar surface area (TPSA) is 204 Å². The lowest BCUT2D eigenvalue weighted by Gasteiger charge is -2.30. The Labute approximate surface area is 293 Å². The van der Waals surface area contributed by atoms with Gasteiger partial charge in [-0.15, -0.1) is 0 Å². The molecular formula is C34H66N8O7. The number of aliphatic carboxylic acids is 2. The Morgan fingerprint density at radius 3 is 1.78 bits per heavy atom. The van der Waals surface area contributed by atoms with Gasteiger partial charge in [0.05, 0.1) is 19.6 Å². The molecule has 15 heteroatoms. The van der Waals surface area contributed by atoms with Gasteiger partial charge in [-0.3, -0.25) is 29.1 Å². The first-order valence-electron chi connectivity index (χ1n) is 17.9. The molecule has 1 rings (SSSR count). The van der Waals surface area contributed by atoms with Gasteiger partial charge < -0.3 is 41.9 Å². The number of allylic oxidation sites excluding steroid dienone is 3. The molecule has 0 spiro atoms. The molecule has 0 aromatic heterocycles. The highest BCUT2D eigenvalue weighted by molar-refractivity contribution is 5.79. The second kappa shape index (κ2) is 29.8. The Hall–Kier alpha value is -3.08. The Bertz CT molecular complexity index is 996. The molecule has 0 aromatic rings. The maximum atomic E-state index is 13.0. The van der Waals surface area contributed by atoms with Crippen molar-refractivity contribution in [2.45, 2.75) is 66.2 Å². The van der Waals surface area contributed by atoms with Crippen molar-refractivity contribution in [1.82, 2.24) is 35.6 Å². The summed E-state index contributed by atoms with van der Waals surface area (Å²) in [5, 5.41) is 38.3. The number of carboxylic acids is 2. The largest absolute Gasteiger partial charge is 0.480 e. The molecule has 1 aliphatic rings. The van der Waals surface area contributed by atoms with Gasteiger partial charge >= 0.3 is 18.0 Å². The number of amides is 2. The number of nitrogens with one attached hydrogen (secondary N) is 3. The van der Waals surface area contributed by atoms with Crippen LogP contribution in [-0.4, -0.2) is 164 Å². The van der Waals surface area contributed by atoms with Crippen molar-refractivity contribution in [2.75, 3.05) is 105 Å². The first-order valence-corrected chi connectivity index (χ1v) is 17.9. The van der Waals surface area contributed by atoms with E-state index in [0.29, 0.717) is 51.3 Å². The number of rotatable bonds is 19. The van der Waals surface area contributed by atoms with Crippen LogP contribution in [0.2, 0.25) is 0 Å². The van der Waals surface area contributed by atoms with Crippen LogP contribution in [-0.2, 0) is 14.4 Å². The molecule has 8 N–H and O–H groups in total. The van der Waals surface area contributed by atoms with E-state index in [0.717, 1.165) is 58.4 Å². The van der Waals surface area contributed by atoms with E-state index in [1.165, 1.54) is 10.5 Å². The molecule has 0 radical (unpaired) electrons. The third-order valence-corrected chi connectivity index (χ3v) is 7.89. The van der Waals surface area contributed by atoms with Gasteiger partial charge in [0.1, 0.15) is 0 Å². The van der Waals surface area contributed by atoms with Crippen molar-refractivity contribution in [3.8, 4) is 0 Å². The summed E-state index contributed by atoms with van der Waals surface area (Å²) in [5.41, 5.74) is 7.45. The second-order valence-electron chi connectivity index (χ2n) is 11.9. The van der Waals surface area contributed by atoms with Crippen molar-refractivity contribution in [3.63, 3.8) is 0 Å². The van der Waals surface area contributed by atoms with E-state index < -0.39 is 18.0 Å². The van der Waals surface area contributed by atoms with Crippen LogP contribution in [0.3, 0.4) is 0 Å². The lowest BCUT2D eigenvalue weighted by molar-refractivity contribution is -0.140. The van der Waals surface area contributed by atoms with Crippen LogP contribution >= 0.6 is 0 Å². The molecule has 2 amide bonds. The molecule has 0 atom stereocenters. The molecule has 0 saturated carbocycles. The summed E-state index contributed by atoms with van der Waals surface area (Å²) in [6.07, 6.45) is 8.14. The van der Waals surface area contributed by atoms with Crippen molar-refractivity contribution in [3.05, 3.63) is 23.4 Å². The fraction of sp³-hybridized carbons (Fsp3) is 0.765. The predicted molar refractivity (Wildman–Crippen MR) is 194 cm³/mol. The Morgan fingerprint density at radius 2 is 1.22 bits per heavy atom. The Kier molecular flexibility index (Phi) is 27.9.